The number of nitrogens with zero attached hydrogens (tertiary/aromatic N) is 2. The molecule has 1 aromatic carbocycles. The molecule has 3 aromatic rings. The normalized spacial score (nSPS) is 11.1. The SMILES string of the molecule is OCc1ccccc1CNCc1cnc2ccc(Br)cn12. The average molecular weight is 346 g/mol. The highest BCUT2D eigenvalue weighted by Crippen LogP contribution is 2.14. The number of aromatic nitrogens is 2. The Morgan fingerprint density at radius 3 is 2.71 bits per heavy atom. The second-order valence-electron chi connectivity index (χ2n) is 4.86. The van der Waals surface area contributed by atoms with Gasteiger partial charge in [0.2, 0.25) is 0 Å². The minimum absolute atomic E-state index is 0.0699. The van der Waals surface area contributed by atoms with E-state index in [0.717, 1.165) is 40.0 Å². The van der Waals surface area contributed by atoms with E-state index in [0.29, 0.717) is 0 Å². The maximum absolute atomic E-state index is 9.33. The fraction of sp³-hybridized carbons (Fsp3) is 0.188. The minimum atomic E-state index is 0.0699. The van der Waals surface area contributed by atoms with Crippen molar-refractivity contribution in [3.8, 4) is 0 Å². The van der Waals surface area contributed by atoms with Gasteiger partial charge in [-0.25, -0.2) is 4.98 Å². The number of aliphatic hydroxyl groups is 1. The van der Waals surface area contributed by atoms with Crippen LogP contribution in [0.25, 0.3) is 5.65 Å². The zero-order chi connectivity index (χ0) is 14.7. The Morgan fingerprint density at radius 1 is 1.10 bits per heavy atom. The second-order valence-corrected chi connectivity index (χ2v) is 5.77. The summed E-state index contributed by atoms with van der Waals surface area (Å²) >= 11 is 3.48. The third kappa shape index (κ3) is 3.15. The standard InChI is InChI=1S/C16H16BrN3O/c17-14-5-6-16-19-9-15(20(16)10-14)8-18-7-12-3-1-2-4-13(12)11-21/h1-6,9-10,18,21H,7-8,11H2. The molecule has 0 unspecified atom stereocenters. The van der Waals surface area contributed by atoms with Gasteiger partial charge < -0.3 is 14.8 Å². The molecule has 0 aliphatic rings. The summed E-state index contributed by atoms with van der Waals surface area (Å²) in [4.78, 5) is 4.38. The number of hydrogen-bond acceptors (Lipinski definition) is 3. The maximum atomic E-state index is 9.33. The Bertz CT molecular complexity index is 754. The Hall–Kier alpha value is -1.69. The Balaban J connectivity index is 1.71. The quantitative estimate of drug-likeness (QED) is 0.747. The fourth-order valence-corrected chi connectivity index (χ4v) is 2.68. The lowest BCUT2D eigenvalue weighted by atomic mass is 10.1. The smallest absolute Gasteiger partial charge is 0.136 e. The molecule has 21 heavy (non-hydrogen) atoms. The number of fused-ring (bicyclic) bond motifs is 1. The van der Waals surface area contributed by atoms with Gasteiger partial charge in [0.15, 0.2) is 0 Å². The van der Waals surface area contributed by atoms with Crippen molar-refractivity contribution in [2.45, 2.75) is 19.7 Å². The number of nitrogens with one attached hydrogen (secondary N) is 1. The van der Waals surface area contributed by atoms with E-state index in [9.17, 15) is 5.11 Å². The first-order valence-electron chi connectivity index (χ1n) is 6.78. The molecule has 2 heterocycles. The van der Waals surface area contributed by atoms with Crippen molar-refractivity contribution >= 4 is 21.6 Å². The summed E-state index contributed by atoms with van der Waals surface area (Å²) in [5, 5.41) is 12.7. The van der Waals surface area contributed by atoms with E-state index in [1.807, 2.05) is 48.8 Å². The van der Waals surface area contributed by atoms with Crippen LogP contribution in [0, 0.1) is 0 Å². The molecular weight excluding hydrogens is 330 g/mol. The summed E-state index contributed by atoms with van der Waals surface area (Å²) in [5.74, 6) is 0. The van der Waals surface area contributed by atoms with Crippen LogP contribution in [0.4, 0.5) is 0 Å². The van der Waals surface area contributed by atoms with Gasteiger partial charge in [-0.05, 0) is 39.2 Å². The summed E-state index contributed by atoms with van der Waals surface area (Å²) in [6, 6.07) is 11.9. The van der Waals surface area contributed by atoms with Crippen molar-refractivity contribution in [1.29, 1.82) is 0 Å². The molecular formula is C16H16BrN3O. The summed E-state index contributed by atoms with van der Waals surface area (Å²) < 4.78 is 3.09. The third-order valence-corrected chi connectivity index (χ3v) is 3.93. The highest BCUT2D eigenvalue weighted by atomic mass is 79.9. The van der Waals surface area contributed by atoms with E-state index in [-0.39, 0.29) is 6.61 Å². The number of rotatable bonds is 5. The predicted octanol–water partition coefficient (Wildman–Crippen LogP) is 2.88. The Kier molecular flexibility index (Phi) is 4.34. The van der Waals surface area contributed by atoms with Crippen molar-refractivity contribution in [2.24, 2.45) is 0 Å². The van der Waals surface area contributed by atoms with Crippen LogP contribution in [0.1, 0.15) is 16.8 Å². The van der Waals surface area contributed by atoms with Gasteiger partial charge in [-0.15, -0.1) is 0 Å². The molecule has 5 heteroatoms. The summed E-state index contributed by atoms with van der Waals surface area (Å²) in [5.41, 5.74) is 4.12. The lowest BCUT2D eigenvalue weighted by molar-refractivity contribution is 0.280. The number of hydrogen-bond donors (Lipinski definition) is 2. The highest BCUT2D eigenvalue weighted by molar-refractivity contribution is 9.10. The number of benzene rings is 1. The Morgan fingerprint density at radius 2 is 1.90 bits per heavy atom. The molecule has 4 nitrogen and oxygen atoms in total. The van der Waals surface area contributed by atoms with Crippen molar-refractivity contribution in [2.75, 3.05) is 0 Å². The molecule has 0 amide bonds. The van der Waals surface area contributed by atoms with Crippen LogP contribution in [0.5, 0.6) is 0 Å². The van der Waals surface area contributed by atoms with Gasteiger partial charge in [0.25, 0.3) is 0 Å². The minimum Gasteiger partial charge on any atom is -0.392 e. The van der Waals surface area contributed by atoms with Crippen LogP contribution in [-0.4, -0.2) is 14.5 Å². The van der Waals surface area contributed by atoms with Crippen molar-refractivity contribution < 1.29 is 5.11 Å². The molecule has 0 saturated carbocycles. The van der Waals surface area contributed by atoms with E-state index in [2.05, 4.69) is 30.6 Å². The topological polar surface area (TPSA) is 49.6 Å². The predicted molar refractivity (Wildman–Crippen MR) is 85.8 cm³/mol. The number of halogens is 1. The van der Waals surface area contributed by atoms with E-state index in [4.69, 9.17) is 0 Å². The molecule has 2 aromatic heterocycles. The van der Waals surface area contributed by atoms with Crippen LogP contribution >= 0.6 is 15.9 Å². The van der Waals surface area contributed by atoms with Crippen molar-refractivity contribution in [3.63, 3.8) is 0 Å². The molecule has 0 radical (unpaired) electrons. The molecule has 0 saturated heterocycles. The van der Waals surface area contributed by atoms with Gasteiger partial charge in [-0.3, -0.25) is 0 Å². The zero-order valence-electron chi connectivity index (χ0n) is 11.5. The second kappa shape index (κ2) is 6.39. The first-order chi connectivity index (χ1) is 10.3. The van der Waals surface area contributed by atoms with Crippen LogP contribution in [0.3, 0.4) is 0 Å². The molecule has 0 aliphatic carbocycles. The Labute approximate surface area is 131 Å². The van der Waals surface area contributed by atoms with Gasteiger partial charge in [0.1, 0.15) is 5.65 Å². The van der Waals surface area contributed by atoms with Crippen LogP contribution < -0.4 is 5.32 Å². The van der Waals surface area contributed by atoms with E-state index in [1.54, 1.807) is 0 Å². The first-order valence-corrected chi connectivity index (χ1v) is 7.57. The fourth-order valence-electron chi connectivity index (χ4n) is 2.35. The number of pyridine rings is 1. The third-order valence-electron chi connectivity index (χ3n) is 3.46. The summed E-state index contributed by atoms with van der Waals surface area (Å²) in [6.07, 6.45) is 3.90. The van der Waals surface area contributed by atoms with Gasteiger partial charge in [0.05, 0.1) is 18.5 Å². The first kappa shape index (κ1) is 14.3. The molecule has 0 atom stereocenters. The van der Waals surface area contributed by atoms with Crippen LogP contribution in [-0.2, 0) is 19.7 Å². The van der Waals surface area contributed by atoms with E-state index >= 15 is 0 Å². The number of imidazole rings is 1. The van der Waals surface area contributed by atoms with Crippen molar-refractivity contribution in [1.82, 2.24) is 14.7 Å². The molecule has 2 N–H and O–H groups in total. The zero-order valence-corrected chi connectivity index (χ0v) is 13.0. The molecule has 0 bridgehead atoms. The van der Waals surface area contributed by atoms with Crippen molar-refractivity contribution in [3.05, 3.63) is 70.1 Å². The summed E-state index contributed by atoms with van der Waals surface area (Å²) in [6.45, 7) is 1.51. The monoisotopic (exact) mass is 345 g/mol. The summed E-state index contributed by atoms with van der Waals surface area (Å²) in [7, 11) is 0. The van der Waals surface area contributed by atoms with Crippen LogP contribution in [0.15, 0.2) is 53.3 Å². The van der Waals surface area contributed by atoms with Gasteiger partial charge in [-0.1, -0.05) is 24.3 Å². The molecule has 108 valence electrons. The largest absolute Gasteiger partial charge is 0.392 e. The van der Waals surface area contributed by atoms with Gasteiger partial charge in [0, 0.05) is 23.8 Å². The molecule has 0 aliphatic heterocycles. The number of aliphatic hydroxyl groups excluding tert-OH is 1. The van der Waals surface area contributed by atoms with Gasteiger partial charge in [-0.2, -0.15) is 0 Å². The maximum Gasteiger partial charge on any atom is 0.136 e. The van der Waals surface area contributed by atoms with Gasteiger partial charge >= 0.3 is 0 Å². The lowest BCUT2D eigenvalue weighted by Crippen LogP contribution is -2.15. The molecule has 3 rings (SSSR count). The van der Waals surface area contributed by atoms with E-state index < -0.39 is 0 Å². The van der Waals surface area contributed by atoms with E-state index in [1.165, 1.54) is 0 Å². The molecule has 0 fully saturated rings. The average Bonchev–Trinajstić information content (AvgIpc) is 2.90. The van der Waals surface area contributed by atoms with Crippen LogP contribution in [0.2, 0.25) is 0 Å². The molecule has 0 spiro atoms. The lowest BCUT2D eigenvalue weighted by Gasteiger charge is -2.09. The highest BCUT2D eigenvalue weighted by Gasteiger charge is 2.04.